The third kappa shape index (κ3) is 2.70. The highest BCUT2D eigenvalue weighted by atomic mass is 35.5. The molecule has 0 aliphatic rings. The van der Waals surface area contributed by atoms with Gasteiger partial charge in [0.25, 0.3) is 5.91 Å². The molecule has 2 aromatic rings. The first-order valence-electron chi connectivity index (χ1n) is 5.90. The highest BCUT2D eigenvalue weighted by Crippen LogP contribution is 2.25. The zero-order chi connectivity index (χ0) is 14.9. The van der Waals surface area contributed by atoms with Gasteiger partial charge >= 0.3 is 0 Å². The minimum atomic E-state index is -0.596. The van der Waals surface area contributed by atoms with Crippen LogP contribution in [0.3, 0.4) is 0 Å². The second-order valence-electron chi connectivity index (χ2n) is 4.39. The lowest BCUT2D eigenvalue weighted by Gasteiger charge is -2.10. The molecule has 0 atom stereocenters. The van der Waals surface area contributed by atoms with E-state index in [9.17, 15) is 4.79 Å². The van der Waals surface area contributed by atoms with E-state index in [0.29, 0.717) is 16.6 Å². The molecule has 1 amide bonds. The molecule has 2 rings (SSSR count). The van der Waals surface area contributed by atoms with E-state index in [-0.39, 0.29) is 12.2 Å². The molecule has 0 spiro atoms. The normalized spacial score (nSPS) is 10.6. The molecule has 106 valence electrons. The molecule has 7 heteroatoms. The summed E-state index contributed by atoms with van der Waals surface area (Å²) in [4.78, 5) is 11.4. The smallest absolute Gasteiger partial charge is 0.252 e. The first kappa shape index (κ1) is 14.2. The fourth-order valence-electron chi connectivity index (χ4n) is 1.85. The zero-order valence-corrected chi connectivity index (χ0v) is 11.9. The van der Waals surface area contributed by atoms with Crippen molar-refractivity contribution in [3.8, 4) is 5.75 Å². The van der Waals surface area contributed by atoms with Crippen LogP contribution >= 0.6 is 11.6 Å². The van der Waals surface area contributed by atoms with Crippen LogP contribution in [-0.4, -0.2) is 15.7 Å². The Labute approximate surface area is 121 Å². The summed E-state index contributed by atoms with van der Waals surface area (Å²) < 4.78 is 7.18. The van der Waals surface area contributed by atoms with Crippen molar-refractivity contribution >= 4 is 23.2 Å². The number of carbonyl (C=O) groups is 1. The second kappa shape index (κ2) is 5.42. The summed E-state index contributed by atoms with van der Waals surface area (Å²) in [7, 11) is 1.75. The summed E-state index contributed by atoms with van der Waals surface area (Å²) in [5.74, 6) is -0.229. The number of halogens is 1. The van der Waals surface area contributed by atoms with Gasteiger partial charge in [-0.25, -0.2) is 0 Å². The van der Waals surface area contributed by atoms with Gasteiger partial charge in [0.1, 0.15) is 17.5 Å². The Morgan fingerprint density at radius 3 is 2.75 bits per heavy atom. The summed E-state index contributed by atoms with van der Waals surface area (Å²) in [5.41, 5.74) is 13.1. The number of amides is 1. The number of aryl methyl sites for hydroxylation is 2. The Kier molecular flexibility index (Phi) is 3.85. The number of hydrogen-bond acceptors (Lipinski definition) is 4. The van der Waals surface area contributed by atoms with Crippen LogP contribution in [0, 0.1) is 6.92 Å². The number of rotatable bonds is 4. The number of ether oxygens (including phenoxy) is 1. The first-order chi connectivity index (χ1) is 9.40. The molecule has 1 aromatic carbocycles. The predicted molar refractivity (Wildman–Crippen MR) is 76.7 cm³/mol. The largest absolute Gasteiger partial charge is 0.488 e. The minimum absolute atomic E-state index is 0.197. The molecule has 0 radical (unpaired) electrons. The molecule has 0 bridgehead atoms. The van der Waals surface area contributed by atoms with Crippen LogP contribution in [0.5, 0.6) is 5.75 Å². The number of aromatic nitrogens is 2. The highest BCUT2D eigenvalue weighted by Gasteiger charge is 2.14. The molecule has 1 aromatic heterocycles. The summed E-state index contributed by atoms with van der Waals surface area (Å²) in [6.07, 6.45) is 0. The van der Waals surface area contributed by atoms with E-state index < -0.39 is 5.91 Å². The Morgan fingerprint density at radius 2 is 2.20 bits per heavy atom. The number of anilines is 1. The SMILES string of the molecule is Cc1nn(C)c(Cl)c1COc1ccc(N)cc1C(N)=O. The number of hydrogen-bond donors (Lipinski definition) is 2. The van der Waals surface area contributed by atoms with Gasteiger partial charge in [-0.2, -0.15) is 5.10 Å². The van der Waals surface area contributed by atoms with Crippen LogP contribution in [0.4, 0.5) is 5.69 Å². The van der Waals surface area contributed by atoms with Crippen LogP contribution in [0.15, 0.2) is 18.2 Å². The fourth-order valence-corrected chi connectivity index (χ4v) is 2.08. The first-order valence-corrected chi connectivity index (χ1v) is 6.28. The molecule has 0 aliphatic heterocycles. The van der Waals surface area contributed by atoms with Crippen LogP contribution < -0.4 is 16.2 Å². The van der Waals surface area contributed by atoms with Gasteiger partial charge in [-0.1, -0.05) is 11.6 Å². The maximum Gasteiger partial charge on any atom is 0.252 e. The number of carbonyl (C=O) groups excluding carboxylic acids is 1. The topological polar surface area (TPSA) is 96.2 Å². The zero-order valence-electron chi connectivity index (χ0n) is 11.2. The van der Waals surface area contributed by atoms with Crippen molar-refractivity contribution in [2.75, 3.05) is 5.73 Å². The summed E-state index contributed by atoms with van der Waals surface area (Å²) in [6, 6.07) is 4.73. The van der Waals surface area contributed by atoms with Gasteiger partial charge in [0.2, 0.25) is 0 Å². The molecule has 6 nitrogen and oxygen atoms in total. The number of nitrogens with two attached hydrogens (primary N) is 2. The molecular weight excluding hydrogens is 280 g/mol. The standard InChI is InChI=1S/C13H15ClN4O2/c1-7-10(12(14)18(2)17-7)6-20-11-4-3-8(15)5-9(11)13(16)19/h3-5H,6,15H2,1-2H3,(H2,16,19). The quantitative estimate of drug-likeness (QED) is 0.838. The molecule has 0 aliphatic carbocycles. The average molecular weight is 295 g/mol. The maximum atomic E-state index is 11.4. The molecule has 0 unspecified atom stereocenters. The van der Waals surface area contributed by atoms with Gasteiger partial charge in [0.15, 0.2) is 0 Å². The van der Waals surface area contributed by atoms with E-state index in [2.05, 4.69) is 5.10 Å². The highest BCUT2D eigenvalue weighted by molar-refractivity contribution is 6.30. The summed E-state index contributed by atoms with van der Waals surface area (Å²) in [6.45, 7) is 2.03. The molecule has 0 saturated heterocycles. The Balaban J connectivity index is 2.25. The van der Waals surface area contributed by atoms with E-state index >= 15 is 0 Å². The lowest BCUT2D eigenvalue weighted by molar-refractivity contribution is 0.0996. The van der Waals surface area contributed by atoms with Gasteiger partial charge in [-0.3, -0.25) is 9.48 Å². The fraction of sp³-hybridized carbons (Fsp3) is 0.231. The number of nitrogens with zero attached hydrogens (tertiary/aromatic N) is 2. The van der Waals surface area contributed by atoms with Crippen molar-refractivity contribution in [3.63, 3.8) is 0 Å². The minimum Gasteiger partial charge on any atom is -0.488 e. The lowest BCUT2D eigenvalue weighted by atomic mass is 10.1. The van der Waals surface area contributed by atoms with Crippen molar-refractivity contribution < 1.29 is 9.53 Å². The van der Waals surface area contributed by atoms with Crippen molar-refractivity contribution in [1.29, 1.82) is 0 Å². The van der Waals surface area contributed by atoms with Gasteiger partial charge < -0.3 is 16.2 Å². The average Bonchev–Trinajstić information content (AvgIpc) is 2.62. The Hall–Kier alpha value is -2.21. The van der Waals surface area contributed by atoms with Crippen LogP contribution in [-0.2, 0) is 13.7 Å². The monoisotopic (exact) mass is 294 g/mol. The third-order valence-corrected chi connectivity index (χ3v) is 3.38. The van der Waals surface area contributed by atoms with Crippen LogP contribution in [0.2, 0.25) is 5.15 Å². The second-order valence-corrected chi connectivity index (χ2v) is 4.74. The number of nitrogen functional groups attached to an aromatic ring is 1. The molecule has 0 fully saturated rings. The van der Waals surface area contributed by atoms with Gasteiger partial charge in [-0.05, 0) is 25.1 Å². The molecular formula is C13H15ClN4O2. The van der Waals surface area contributed by atoms with E-state index in [1.807, 2.05) is 6.92 Å². The number of benzene rings is 1. The summed E-state index contributed by atoms with van der Waals surface area (Å²) >= 11 is 6.12. The van der Waals surface area contributed by atoms with Gasteiger partial charge in [-0.15, -0.1) is 0 Å². The Morgan fingerprint density at radius 1 is 1.50 bits per heavy atom. The van der Waals surface area contributed by atoms with E-state index in [4.69, 9.17) is 27.8 Å². The predicted octanol–water partition coefficient (Wildman–Crippen LogP) is 1.64. The van der Waals surface area contributed by atoms with Crippen molar-refractivity contribution in [3.05, 3.63) is 40.2 Å². The van der Waals surface area contributed by atoms with Crippen molar-refractivity contribution in [2.45, 2.75) is 13.5 Å². The van der Waals surface area contributed by atoms with E-state index in [1.165, 1.54) is 6.07 Å². The maximum absolute atomic E-state index is 11.4. The van der Waals surface area contributed by atoms with Crippen molar-refractivity contribution in [2.24, 2.45) is 12.8 Å². The van der Waals surface area contributed by atoms with Crippen LogP contribution in [0.25, 0.3) is 0 Å². The van der Waals surface area contributed by atoms with Crippen LogP contribution in [0.1, 0.15) is 21.6 Å². The molecule has 4 N–H and O–H groups in total. The molecule has 20 heavy (non-hydrogen) atoms. The van der Waals surface area contributed by atoms with Gasteiger partial charge in [0.05, 0.1) is 11.3 Å². The molecule has 1 heterocycles. The van der Waals surface area contributed by atoms with E-state index in [1.54, 1.807) is 23.9 Å². The lowest BCUT2D eigenvalue weighted by Crippen LogP contribution is -2.13. The third-order valence-electron chi connectivity index (χ3n) is 2.91. The molecule has 0 saturated carbocycles. The number of primary amides is 1. The summed E-state index contributed by atoms with van der Waals surface area (Å²) in [5, 5.41) is 4.69. The Bertz CT molecular complexity index is 667. The van der Waals surface area contributed by atoms with Gasteiger partial charge in [0, 0.05) is 18.3 Å². The van der Waals surface area contributed by atoms with E-state index in [0.717, 1.165) is 11.3 Å². The van der Waals surface area contributed by atoms with Crippen molar-refractivity contribution in [1.82, 2.24) is 9.78 Å².